The average Bonchev–Trinajstić information content (AvgIpc) is 2.05. The van der Waals surface area contributed by atoms with Gasteiger partial charge in [-0.3, -0.25) is 0 Å². The van der Waals surface area contributed by atoms with Crippen molar-refractivity contribution in [3.63, 3.8) is 0 Å². The maximum absolute atomic E-state index is 4.92. The normalized spacial score (nSPS) is 12.6. The summed E-state index contributed by atoms with van der Waals surface area (Å²) in [5.74, 6) is 0.655. The predicted octanol–water partition coefficient (Wildman–Crippen LogP) is 2.55. The van der Waals surface area contributed by atoms with Crippen LogP contribution in [-0.2, 0) is 0 Å². The molecule has 0 aromatic carbocycles. The minimum Gasteiger partial charge on any atom is -0.481 e. The van der Waals surface area contributed by atoms with Crippen LogP contribution in [0.3, 0.4) is 0 Å². The zero-order chi connectivity index (χ0) is 8.27. The number of aromatic nitrogens is 1. The molecule has 0 radical (unpaired) electrons. The van der Waals surface area contributed by atoms with Gasteiger partial charge in [0.2, 0.25) is 5.88 Å². The first kappa shape index (κ1) is 8.53. The third-order valence-electron chi connectivity index (χ3n) is 1.43. The highest BCUT2D eigenvalue weighted by Gasteiger charge is 2.00. The Balaban J connectivity index is 2.83. The van der Waals surface area contributed by atoms with Gasteiger partial charge < -0.3 is 4.74 Å². The van der Waals surface area contributed by atoms with Crippen LogP contribution in [0.25, 0.3) is 0 Å². The molecule has 1 aromatic heterocycles. The van der Waals surface area contributed by atoms with E-state index in [0.717, 1.165) is 5.56 Å². The fourth-order valence-corrected chi connectivity index (χ4v) is 1.02. The molecule has 1 unspecified atom stereocenters. The fourth-order valence-electron chi connectivity index (χ4n) is 0.748. The van der Waals surface area contributed by atoms with E-state index in [1.165, 1.54) is 0 Å². The van der Waals surface area contributed by atoms with Crippen LogP contribution < -0.4 is 4.74 Å². The molecule has 0 spiro atoms. The lowest BCUT2D eigenvalue weighted by Gasteiger charge is -2.03. The largest absolute Gasteiger partial charge is 0.481 e. The topological polar surface area (TPSA) is 22.1 Å². The van der Waals surface area contributed by atoms with E-state index in [0.29, 0.717) is 10.7 Å². The molecular weight excluding hydrogens is 206 g/mol. The Morgan fingerprint density at radius 3 is 2.64 bits per heavy atom. The van der Waals surface area contributed by atoms with Gasteiger partial charge in [-0.2, -0.15) is 0 Å². The van der Waals surface area contributed by atoms with E-state index in [2.05, 4.69) is 27.8 Å². The van der Waals surface area contributed by atoms with Crippen LogP contribution in [0.15, 0.2) is 18.3 Å². The summed E-state index contributed by atoms with van der Waals surface area (Å²) in [6.45, 7) is 2.06. The van der Waals surface area contributed by atoms with Gasteiger partial charge in [0.05, 0.1) is 7.11 Å². The minimum atomic E-state index is 0.348. The first-order valence-electron chi connectivity index (χ1n) is 3.38. The SMILES string of the molecule is COc1ccc(C(C)Br)cn1. The van der Waals surface area contributed by atoms with Crippen molar-refractivity contribution >= 4 is 15.9 Å². The Morgan fingerprint density at radius 1 is 1.55 bits per heavy atom. The van der Waals surface area contributed by atoms with E-state index in [1.54, 1.807) is 13.3 Å². The molecule has 0 saturated heterocycles. The quantitative estimate of drug-likeness (QED) is 0.708. The molecule has 11 heavy (non-hydrogen) atoms. The molecule has 0 aliphatic carbocycles. The molecule has 0 aliphatic rings. The Kier molecular flexibility index (Phi) is 2.88. The Labute approximate surface area is 74.7 Å². The lowest BCUT2D eigenvalue weighted by molar-refractivity contribution is 0.397. The molecule has 1 heterocycles. The van der Waals surface area contributed by atoms with Crippen molar-refractivity contribution in [2.24, 2.45) is 0 Å². The molecule has 1 rings (SSSR count). The van der Waals surface area contributed by atoms with Crippen LogP contribution in [-0.4, -0.2) is 12.1 Å². The highest BCUT2D eigenvalue weighted by atomic mass is 79.9. The minimum absolute atomic E-state index is 0.348. The van der Waals surface area contributed by atoms with Crippen molar-refractivity contribution in [2.75, 3.05) is 7.11 Å². The number of rotatable bonds is 2. The number of ether oxygens (including phenoxy) is 1. The van der Waals surface area contributed by atoms with Gasteiger partial charge in [0.1, 0.15) is 0 Å². The summed E-state index contributed by atoms with van der Waals surface area (Å²) in [7, 11) is 1.61. The van der Waals surface area contributed by atoms with Crippen molar-refractivity contribution in [2.45, 2.75) is 11.8 Å². The van der Waals surface area contributed by atoms with Crippen LogP contribution in [0.1, 0.15) is 17.3 Å². The number of halogens is 1. The van der Waals surface area contributed by atoms with Crippen molar-refractivity contribution in [3.8, 4) is 5.88 Å². The first-order valence-corrected chi connectivity index (χ1v) is 4.29. The van der Waals surface area contributed by atoms with Crippen LogP contribution in [0.2, 0.25) is 0 Å². The second-order valence-corrected chi connectivity index (χ2v) is 3.62. The number of alkyl halides is 1. The predicted molar refractivity (Wildman–Crippen MR) is 48.1 cm³/mol. The van der Waals surface area contributed by atoms with Crippen LogP contribution in [0.5, 0.6) is 5.88 Å². The van der Waals surface area contributed by atoms with E-state index in [1.807, 2.05) is 12.1 Å². The molecule has 0 amide bonds. The zero-order valence-electron chi connectivity index (χ0n) is 6.54. The van der Waals surface area contributed by atoms with Gasteiger partial charge in [-0.1, -0.05) is 22.0 Å². The van der Waals surface area contributed by atoms with Crippen LogP contribution in [0.4, 0.5) is 0 Å². The second kappa shape index (κ2) is 3.72. The highest BCUT2D eigenvalue weighted by molar-refractivity contribution is 9.09. The number of hydrogen-bond acceptors (Lipinski definition) is 2. The fraction of sp³-hybridized carbons (Fsp3) is 0.375. The van der Waals surface area contributed by atoms with Crippen molar-refractivity contribution in [1.82, 2.24) is 4.98 Å². The first-order chi connectivity index (χ1) is 5.24. The van der Waals surface area contributed by atoms with E-state index < -0.39 is 0 Å². The van der Waals surface area contributed by atoms with Gasteiger partial charge in [0.15, 0.2) is 0 Å². The number of methoxy groups -OCH3 is 1. The molecular formula is C8H10BrNO. The third-order valence-corrected chi connectivity index (χ3v) is 1.96. The molecule has 60 valence electrons. The molecule has 0 bridgehead atoms. The van der Waals surface area contributed by atoms with Gasteiger partial charge in [-0.25, -0.2) is 4.98 Å². The van der Waals surface area contributed by atoms with Crippen molar-refractivity contribution in [3.05, 3.63) is 23.9 Å². The molecule has 1 aromatic rings. The lowest BCUT2D eigenvalue weighted by atomic mass is 10.2. The smallest absolute Gasteiger partial charge is 0.212 e. The van der Waals surface area contributed by atoms with Crippen molar-refractivity contribution in [1.29, 1.82) is 0 Å². The van der Waals surface area contributed by atoms with Gasteiger partial charge in [0, 0.05) is 17.1 Å². The van der Waals surface area contributed by atoms with E-state index in [9.17, 15) is 0 Å². The van der Waals surface area contributed by atoms with Gasteiger partial charge in [-0.05, 0) is 12.5 Å². The summed E-state index contributed by atoms with van der Waals surface area (Å²) in [4.78, 5) is 4.41. The number of hydrogen-bond donors (Lipinski definition) is 0. The summed E-state index contributed by atoms with van der Waals surface area (Å²) in [5, 5.41) is 0. The Morgan fingerprint density at radius 2 is 2.27 bits per heavy atom. The van der Waals surface area contributed by atoms with E-state index >= 15 is 0 Å². The van der Waals surface area contributed by atoms with Crippen LogP contribution >= 0.6 is 15.9 Å². The third kappa shape index (κ3) is 2.19. The molecule has 0 aliphatic heterocycles. The average molecular weight is 216 g/mol. The number of pyridine rings is 1. The molecule has 0 saturated carbocycles. The zero-order valence-corrected chi connectivity index (χ0v) is 8.13. The maximum Gasteiger partial charge on any atom is 0.212 e. The lowest BCUT2D eigenvalue weighted by Crippen LogP contribution is -1.89. The molecule has 2 nitrogen and oxygen atoms in total. The monoisotopic (exact) mass is 215 g/mol. The van der Waals surface area contributed by atoms with Crippen molar-refractivity contribution < 1.29 is 4.74 Å². The van der Waals surface area contributed by atoms with Gasteiger partial charge in [-0.15, -0.1) is 0 Å². The second-order valence-electron chi connectivity index (χ2n) is 2.25. The van der Waals surface area contributed by atoms with Gasteiger partial charge >= 0.3 is 0 Å². The van der Waals surface area contributed by atoms with Crippen LogP contribution in [0, 0.1) is 0 Å². The molecule has 0 fully saturated rings. The molecule has 1 atom stereocenters. The standard InChI is InChI=1S/C8H10BrNO/c1-6(9)7-3-4-8(11-2)10-5-7/h3-6H,1-2H3. The maximum atomic E-state index is 4.92. The summed E-state index contributed by atoms with van der Waals surface area (Å²) in [6.07, 6.45) is 1.80. The molecule has 0 N–H and O–H groups in total. The summed E-state index contributed by atoms with van der Waals surface area (Å²) >= 11 is 3.45. The Hall–Kier alpha value is -0.570. The summed E-state index contributed by atoms with van der Waals surface area (Å²) < 4.78 is 4.92. The number of nitrogens with zero attached hydrogens (tertiary/aromatic N) is 1. The van der Waals surface area contributed by atoms with E-state index in [-0.39, 0.29) is 0 Å². The molecule has 3 heteroatoms. The summed E-state index contributed by atoms with van der Waals surface area (Å²) in [6, 6.07) is 3.85. The highest BCUT2D eigenvalue weighted by Crippen LogP contribution is 2.21. The Bertz CT molecular complexity index is 220. The van der Waals surface area contributed by atoms with E-state index in [4.69, 9.17) is 4.74 Å². The summed E-state index contributed by atoms with van der Waals surface area (Å²) in [5.41, 5.74) is 1.16. The van der Waals surface area contributed by atoms with Gasteiger partial charge in [0.25, 0.3) is 0 Å².